The lowest BCUT2D eigenvalue weighted by molar-refractivity contribution is -0.147. The number of esters is 1. The molecule has 1 aromatic heterocycles. The molecule has 3 rings (SSSR count). The fourth-order valence-corrected chi connectivity index (χ4v) is 3.03. The summed E-state index contributed by atoms with van der Waals surface area (Å²) >= 11 is 0. The SMILES string of the molecule is CC(=Nc1ccccc1)C(NC(=O)COC(=O)Cc1c[nH]c2ccccc12)=C(C)N. The van der Waals surface area contributed by atoms with E-state index in [1.54, 1.807) is 20.0 Å². The van der Waals surface area contributed by atoms with Crippen molar-refractivity contribution in [1.82, 2.24) is 10.3 Å². The molecule has 4 N–H and O–H groups in total. The standard InChI is InChI=1S/C23H24N4O3/c1-15(24)23(16(2)26-18-8-4-3-5-9-18)27-21(28)14-30-22(29)12-17-13-25-20-11-7-6-10-19(17)20/h3-11,13,25H,12,14,24H2,1-2H3,(H,27,28). The Bertz CT molecular complexity index is 1110. The third-order valence-corrected chi connectivity index (χ3v) is 4.45. The van der Waals surface area contributed by atoms with Crippen LogP contribution in [0.3, 0.4) is 0 Å². The number of nitrogens with zero attached hydrogens (tertiary/aromatic N) is 1. The summed E-state index contributed by atoms with van der Waals surface area (Å²) in [5.74, 6) is -0.968. The number of hydrogen-bond acceptors (Lipinski definition) is 5. The van der Waals surface area contributed by atoms with Crippen LogP contribution < -0.4 is 11.1 Å². The number of carbonyl (C=O) groups is 2. The van der Waals surface area contributed by atoms with Crippen LogP contribution >= 0.6 is 0 Å². The van der Waals surface area contributed by atoms with Crippen LogP contribution in [0.5, 0.6) is 0 Å². The first-order valence-electron chi connectivity index (χ1n) is 9.51. The monoisotopic (exact) mass is 404 g/mol. The van der Waals surface area contributed by atoms with Crippen LogP contribution in [0.15, 0.2) is 77.2 Å². The van der Waals surface area contributed by atoms with Gasteiger partial charge in [0, 0.05) is 22.8 Å². The van der Waals surface area contributed by atoms with Crippen molar-refractivity contribution in [3.05, 3.63) is 77.8 Å². The van der Waals surface area contributed by atoms with Crippen molar-refractivity contribution in [1.29, 1.82) is 0 Å². The lowest BCUT2D eigenvalue weighted by Crippen LogP contribution is -2.32. The largest absolute Gasteiger partial charge is 0.455 e. The van der Waals surface area contributed by atoms with Gasteiger partial charge in [-0.25, -0.2) is 0 Å². The van der Waals surface area contributed by atoms with Gasteiger partial charge in [0.05, 0.1) is 23.5 Å². The maximum Gasteiger partial charge on any atom is 0.310 e. The number of aliphatic imine (C=N–C) groups is 1. The van der Waals surface area contributed by atoms with E-state index >= 15 is 0 Å². The molecular weight excluding hydrogens is 380 g/mol. The molecule has 0 aliphatic heterocycles. The second-order valence-electron chi connectivity index (χ2n) is 6.84. The highest BCUT2D eigenvalue weighted by Gasteiger charge is 2.14. The van der Waals surface area contributed by atoms with E-state index in [1.807, 2.05) is 54.6 Å². The van der Waals surface area contributed by atoms with E-state index in [1.165, 1.54) is 0 Å². The molecule has 0 bridgehead atoms. The number of amides is 1. The number of nitrogens with two attached hydrogens (primary N) is 1. The molecule has 0 saturated carbocycles. The summed E-state index contributed by atoms with van der Waals surface area (Å²) in [5.41, 5.74) is 9.78. The van der Waals surface area contributed by atoms with Crippen LogP contribution in [0.1, 0.15) is 19.4 Å². The first-order chi connectivity index (χ1) is 14.4. The second kappa shape index (κ2) is 9.56. The summed E-state index contributed by atoms with van der Waals surface area (Å²) in [7, 11) is 0. The summed E-state index contributed by atoms with van der Waals surface area (Å²) in [4.78, 5) is 32.0. The smallest absolute Gasteiger partial charge is 0.310 e. The molecule has 0 aliphatic carbocycles. The summed E-state index contributed by atoms with van der Waals surface area (Å²) in [6, 6.07) is 17.0. The van der Waals surface area contributed by atoms with Gasteiger partial charge in [0.2, 0.25) is 0 Å². The molecule has 0 atom stereocenters. The van der Waals surface area contributed by atoms with Gasteiger partial charge in [-0.1, -0.05) is 36.4 Å². The van der Waals surface area contributed by atoms with Crippen LogP contribution in [0.2, 0.25) is 0 Å². The van der Waals surface area contributed by atoms with Gasteiger partial charge >= 0.3 is 5.97 Å². The second-order valence-corrected chi connectivity index (χ2v) is 6.84. The predicted molar refractivity (Wildman–Crippen MR) is 117 cm³/mol. The number of hydrogen-bond donors (Lipinski definition) is 3. The van der Waals surface area contributed by atoms with Gasteiger partial charge in [-0.15, -0.1) is 0 Å². The number of ether oxygens (including phenoxy) is 1. The van der Waals surface area contributed by atoms with Crippen molar-refractivity contribution in [2.45, 2.75) is 20.3 Å². The highest BCUT2D eigenvalue weighted by atomic mass is 16.5. The molecule has 7 nitrogen and oxygen atoms in total. The normalized spacial score (nSPS) is 12.4. The predicted octanol–water partition coefficient (Wildman–Crippen LogP) is 3.35. The zero-order chi connectivity index (χ0) is 21.5. The fraction of sp³-hybridized carbons (Fsp3) is 0.174. The topological polar surface area (TPSA) is 110 Å². The Morgan fingerprint density at radius 2 is 1.77 bits per heavy atom. The molecule has 0 spiro atoms. The molecule has 1 amide bonds. The Labute approximate surface area is 174 Å². The van der Waals surface area contributed by atoms with E-state index in [0.29, 0.717) is 17.1 Å². The summed E-state index contributed by atoms with van der Waals surface area (Å²) < 4.78 is 5.14. The lowest BCUT2D eigenvalue weighted by Gasteiger charge is -2.12. The maximum atomic E-state index is 12.3. The van der Waals surface area contributed by atoms with Crippen molar-refractivity contribution < 1.29 is 14.3 Å². The van der Waals surface area contributed by atoms with E-state index in [2.05, 4.69) is 15.3 Å². The van der Waals surface area contributed by atoms with Gasteiger partial charge in [0.1, 0.15) is 0 Å². The van der Waals surface area contributed by atoms with Crippen molar-refractivity contribution in [2.75, 3.05) is 6.61 Å². The molecule has 0 saturated heterocycles. The minimum atomic E-state index is -0.487. The van der Waals surface area contributed by atoms with Crippen LogP contribution in [-0.2, 0) is 20.7 Å². The van der Waals surface area contributed by atoms with Crippen molar-refractivity contribution in [3.63, 3.8) is 0 Å². The molecule has 0 unspecified atom stereocenters. The third kappa shape index (κ3) is 5.35. The van der Waals surface area contributed by atoms with Crippen LogP contribution in [-0.4, -0.2) is 29.2 Å². The number of rotatable bonds is 7. The molecule has 30 heavy (non-hydrogen) atoms. The number of H-pyrrole nitrogens is 1. The number of fused-ring (bicyclic) bond motifs is 1. The fourth-order valence-electron chi connectivity index (χ4n) is 3.03. The van der Waals surface area contributed by atoms with Gasteiger partial charge in [0.15, 0.2) is 6.61 Å². The molecule has 2 aromatic carbocycles. The van der Waals surface area contributed by atoms with Crippen LogP contribution in [0, 0.1) is 0 Å². The van der Waals surface area contributed by atoms with E-state index in [4.69, 9.17) is 10.5 Å². The molecular formula is C23H24N4O3. The maximum absolute atomic E-state index is 12.3. The first kappa shape index (κ1) is 20.9. The Morgan fingerprint density at radius 3 is 2.50 bits per heavy atom. The van der Waals surface area contributed by atoms with Crippen molar-refractivity contribution >= 4 is 34.2 Å². The number of nitrogens with one attached hydrogen (secondary N) is 2. The molecule has 154 valence electrons. The van der Waals surface area contributed by atoms with Crippen LogP contribution in [0.25, 0.3) is 10.9 Å². The van der Waals surface area contributed by atoms with E-state index in [9.17, 15) is 9.59 Å². The lowest BCUT2D eigenvalue weighted by atomic mass is 10.1. The molecule has 3 aromatic rings. The van der Waals surface area contributed by atoms with Crippen molar-refractivity contribution in [3.8, 4) is 0 Å². The Morgan fingerprint density at radius 1 is 1.07 bits per heavy atom. The number of aromatic amines is 1. The zero-order valence-corrected chi connectivity index (χ0v) is 16.9. The number of carbonyl (C=O) groups excluding carboxylic acids is 2. The average Bonchev–Trinajstić information content (AvgIpc) is 3.14. The molecule has 1 heterocycles. The Kier molecular flexibility index (Phi) is 6.64. The molecule has 0 aliphatic rings. The van der Waals surface area contributed by atoms with Gasteiger partial charge in [-0.05, 0) is 37.6 Å². The molecule has 0 radical (unpaired) electrons. The highest BCUT2D eigenvalue weighted by molar-refractivity contribution is 6.03. The number of aromatic nitrogens is 1. The highest BCUT2D eigenvalue weighted by Crippen LogP contribution is 2.18. The quantitative estimate of drug-likeness (QED) is 0.414. The van der Waals surface area contributed by atoms with Gasteiger partial charge in [-0.2, -0.15) is 0 Å². The zero-order valence-electron chi connectivity index (χ0n) is 16.9. The van der Waals surface area contributed by atoms with Crippen LogP contribution in [0.4, 0.5) is 5.69 Å². The average molecular weight is 404 g/mol. The minimum Gasteiger partial charge on any atom is -0.455 e. The number of benzene rings is 2. The molecule has 7 heteroatoms. The molecule has 0 fully saturated rings. The van der Waals surface area contributed by atoms with Gasteiger partial charge in [-0.3, -0.25) is 14.6 Å². The summed E-state index contributed by atoms with van der Waals surface area (Å²) in [6.07, 6.45) is 1.85. The van der Waals surface area contributed by atoms with E-state index < -0.39 is 18.5 Å². The first-order valence-corrected chi connectivity index (χ1v) is 9.51. The Balaban J connectivity index is 1.57. The Hall–Kier alpha value is -3.87. The van der Waals surface area contributed by atoms with Gasteiger partial charge in [0.25, 0.3) is 5.91 Å². The number of allylic oxidation sites excluding steroid dienone is 2. The third-order valence-electron chi connectivity index (χ3n) is 4.45. The van der Waals surface area contributed by atoms with Crippen molar-refractivity contribution in [2.24, 2.45) is 10.7 Å². The van der Waals surface area contributed by atoms with Gasteiger partial charge < -0.3 is 20.8 Å². The van der Waals surface area contributed by atoms with E-state index in [0.717, 1.165) is 22.2 Å². The minimum absolute atomic E-state index is 0.0738. The number of para-hydroxylation sites is 2. The summed E-state index contributed by atoms with van der Waals surface area (Å²) in [6.45, 7) is 3.02. The summed E-state index contributed by atoms with van der Waals surface area (Å²) in [5, 5.41) is 3.64. The van der Waals surface area contributed by atoms with E-state index in [-0.39, 0.29) is 6.42 Å².